The van der Waals surface area contributed by atoms with E-state index in [2.05, 4.69) is 10.2 Å². The molecule has 10 heteroatoms. The SMILES string of the molecule is COC1=C(OC)C(=O)C(Cc2cccc(C(=O)Nc3ccc(N4CCOCC4)cc3)c2OC(C)=O)=C(C)C1=O. The largest absolute Gasteiger partial charge is 0.489 e. The molecule has 10 nitrogen and oxygen atoms in total. The number of carbonyl (C=O) groups is 4. The molecule has 2 aromatic carbocycles. The van der Waals surface area contributed by atoms with E-state index in [1.165, 1.54) is 34.1 Å². The summed E-state index contributed by atoms with van der Waals surface area (Å²) in [7, 11) is 2.56. The van der Waals surface area contributed by atoms with Gasteiger partial charge in [0.1, 0.15) is 5.75 Å². The van der Waals surface area contributed by atoms with Gasteiger partial charge in [0.15, 0.2) is 0 Å². The van der Waals surface area contributed by atoms with Gasteiger partial charge in [-0.1, -0.05) is 12.1 Å². The lowest BCUT2D eigenvalue weighted by molar-refractivity contribution is -0.132. The predicted molar refractivity (Wildman–Crippen MR) is 143 cm³/mol. The van der Waals surface area contributed by atoms with Crippen LogP contribution in [0.5, 0.6) is 5.75 Å². The second-order valence-electron chi connectivity index (χ2n) is 8.99. The zero-order chi connectivity index (χ0) is 28.1. The minimum Gasteiger partial charge on any atom is -0.489 e. The van der Waals surface area contributed by atoms with Gasteiger partial charge in [-0.15, -0.1) is 0 Å². The Hall–Kier alpha value is -4.44. The van der Waals surface area contributed by atoms with Crippen LogP contribution in [-0.2, 0) is 35.0 Å². The van der Waals surface area contributed by atoms with Gasteiger partial charge in [-0.05, 0) is 37.3 Å². The van der Waals surface area contributed by atoms with Crippen LogP contribution in [0.25, 0.3) is 0 Å². The maximum atomic E-state index is 13.3. The van der Waals surface area contributed by atoms with E-state index in [9.17, 15) is 19.2 Å². The Kier molecular flexibility index (Phi) is 8.46. The number of nitrogens with zero attached hydrogens (tertiary/aromatic N) is 1. The van der Waals surface area contributed by atoms with Crippen molar-refractivity contribution in [2.75, 3.05) is 50.7 Å². The standard InChI is InChI=1S/C29H30N2O8/c1-17-23(25(34)28(37-4)27(36-3)24(17)33)16-19-6-5-7-22(26(19)39-18(2)32)29(35)30-20-8-10-21(11-9-20)31-12-14-38-15-13-31/h5-11H,12-16H2,1-4H3,(H,30,35). The molecular formula is C29H30N2O8. The van der Waals surface area contributed by atoms with Crippen LogP contribution in [0, 0.1) is 0 Å². The lowest BCUT2D eigenvalue weighted by Crippen LogP contribution is -2.36. The van der Waals surface area contributed by atoms with Crippen molar-refractivity contribution < 1.29 is 38.1 Å². The van der Waals surface area contributed by atoms with Gasteiger partial charge in [-0.25, -0.2) is 0 Å². The first-order valence-corrected chi connectivity index (χ1v) is 12.4. The van der Waals surface area contributed by atoms with Gasteiger partial charge >= 0.3 is 5.97 Å². The van der Waals surface area contributed by atoms with Crippen molar-refractivity contribution in [3.8, 4) is 5.75 Å². The van der Waals surface area contributed by atoms with Crippen molar-refractivity contribution in [1.82, 2.24) is 0 Å². The van der Waals surface area contributed by atoms with E-state index in [4.69, 9.17) is 18.9 Å². The molecule has 4 rings (SSSR count). The number of para-hydroxylation sites is 1. The number of Topliss-reactive ketones (excluding diaryl/α,β-unsaturated/α-hetero) is 2. The van der Waals surface area contributed by atoms with Gasteiger partial charge in [0, 0.05) is 54.5 Å². The van der Waals surface area contributed by atoms with Gasteiger partial charge in [-0.3, -0.25) is 19.2 Å². The van der Waals surface area contributed by atoms with E-state index in [-0.39, 0.29) is 40.4 Å². The molecule has 1 N–H and O–H groups in total. The first kappa shape index (κ1) is 27.6. The molecule has 204 valence electrons. The fourth-order valence-corrected chi connectivity index (χ4v) is 4.54. The van der Waals surface area contributed by atoms with Gasteiger partial charge in [0.05, 0.1) is 33.0 Å². The van der Waals surface area contributed by atoms with Crippen molar-refractivity contribution in [2.45, 2.75) is 20.3 Å². The third-order valence-electron chi connectivity index (χ3n) is 6.55. The van der Waals surface area contributed by atoms with E-state index in [0.717, 1.165) is 18.8 Å². The highest BCUT2D eigenvalue weighted by molar-refractivity contribution is 6.23. The molecule has 1 saturated heterocycles. The average Bonchev–Trinajstić information content (AvgIpc) is 2.94. The number of allylic oxidation sites excluding steroid dienone is 2. The number of ketones is 2. The van der Waals surface area contributed by atoms with Crippen molar-refractivity contribution in [2.24, 2.45) is 0 Å². The summed E-state index contributed by atoms with van der Waals surface area (Å²) in [5.41, 5.74) is 2.41. The topological polar surface area (TPSA) is 120 Å². The molecule has 0 saturated carbocycles. The number of rotatable bonds is 8. The van der Waals surface area contributed by atoms with E-state index >= 15 is 0 Å². The second-order valence-corrected chi connectivity index (χ2v) is 8.99. The monoisotopic (exact) mass is 534 g/mol. The van der Waals surface area contributed by atoms with Gasteiger partial charge in [-0.2, -0.15) is 0 Å². The van der Waals surface area contributed by atoms with Crippen LogP contribution in [0.4, 0.5) is 11.4 Å². The summed E-state index contributed by atoms with van der Waals surface area (Å²) in [5.74, 6) is -2.50. The van der Waals surface area contributed by atoms with Gasteiger partial charge in [0.2, 0.25) is 23.1 Å². The Morgan fingerprint density at radius 3 is 2.21 bits per heavy atom. The molecule has 1 aliphatic carbocycles. The minimum atomic E-state index is -0.637. The van der Waals surface area contributed by atoms with Crippen molar-refractivity contribution in [3.63, 3.8) is 0 Å². The minimum absolute atomic E-state index is 0.00784. The number of methoxy groups -OCH3 is 2. The molecule has 0 radical (unpaired) electrons. The molecule has 1 aliphatic heterocycles. The van der Waals surface area contributed by atoms with Gasteiger partial charge in [0.25, 0.3) is 5.91 Å². The zero-order valence-corrected chi connectivity index (χ0v) is 22.3. The first-order valence-electron chi connectivity index (χ1n) is 12.4. The molecule has 0 unspecified atom stereocenters. The molecule has 2 aromatic rings. The van der Waals surface area contributed by atoms with E-state index in [1.807, 2.05) is 12.1 Å². The first-order chi connectivity index (χ1) is 18.7. The van der Waals surface area contributed by atoms with Crippen LogP contribution in [0.2, 0.25) is 0 Å². The Morgan fingerprint density at radius 1 is 0.949 bits per heavy atom. The molecule has 1 fully saturated rings. The summed E-state index contributed by atoms with van der Waals surface area (Å²) in [6.45, 7) is 5.66. The summed E-state index contributed by atoms with van der Waals surface area (Å²) in [4.78, 5) is 53.5. The molecule has 39 heavy (non-hydrogen) atoms. The number of carbonyl (C=O) groups excluding carboxylic acids is 4. The molecule has 2 aliphatic rings. The maximum absolute atomic E-state index is 13.3. The van der Waals surface area contributed by atoms with E-state index < -0.39 is 23.4 Å². The van der Waals surface area contributed by atoms with Crippen molar-refractivity contribution in [1.29, 1.82) is 0 Å². The Balaban J connectivity index is 1.61. The lowest BCUT2D eigenvalue weighted by Gasteiger charge is -2.28. The third kappa shape index (κ3) is 5.85. The number of nitrogens with one attached hydrogen (secondary N) is 1. The second kappa shape index (κ2) is 12.0. The highest BCUT2D eigenvalue weighted by Gasteiger charge is 2.35. The van der Waals surface area contributed by atoms with E-state index in [1.54, 1.807) is 24.3 Å². The van der Waals surface area contributed by atoms with Crippen LogP contribution < -0.4 is 15.0 Å². The summed E-state index contributed by atoms with van der Waals surface area (Å²) in [6, 6.07) is 12.2. The number of benzene rings is 2. The highest BCUT2D eigenvalue weighted by atomic mass is 16.5. The number of anilines is 2. The zero-order valence-electron chi connectivity index (χ0n) is 22.3. The quantitative estimate of drug-likeness (QED) is 0.309. The molecular weight excluding hydrogens is 504 g/mol. The molecule has 1 heterocycles. The number of esters is 1. The highest BCUT2D eigenvalue weighted by Crippen LogP contribution is 2.33. The van der Waals surface area contributed by atoms with Crippen LogP contribution in [0.1, 0.15) is 29.8 Å². The van der Waals surface area contributed by atoms with Crippen LogP contribution in [-0.4, -0.2) is 64.0 Å². The number of hydrogen-bond acceptors (Lipinski definition) is 9. The number of ether oxygens (including phenoxy) is 4. The summed E-state index contributed by atoms with van der Waals surface area (Å²) in [6.07, 6.45) is -0.0712. The summed E-state index contributed by atoms with van der Waals surface area (Å²) < 4.78 is 21.1. The van der Waals surface area contributed by atoms with Crippen LogP contribution >= 0.6 is 0 Å². The summed E-state index contributed by atoms with van der Waals surface area (Å²) in [5, 5.41) is 2.84. The number of amides is 1. The van der Waals surface area contributed by atoms with Crippen molar-refractivity contribution >= 4 is 34.8 Å². The number of hydrogen-bond donors (Lipinski definition) is 1. The normalized spacial score (nSPS) is 15.8. The molecule has 0 atom stereocenters. The Morgan fingerprint density at radius 2 is 1.59 bits per heavy atom. The average molecular weight is 535 g/mol. The van der Waals surface area contributed by atoms with E-state index in [0.29, 0.717) is 24.5 Å². The van der Waals surface area contributed by atoms with Crippen LogP contribution in [0.3, 0.4) is 0 Å². The Bertz CT molecular complexity index is 1370. The molecule has 0 spiro atoms. The summed E-state index contributed by atoms with van der Waals surface area (Å²) >= 11 is 0. The fraction of sp³-hybridized carbons (Fsp3) is 0.310. The smallest absolute Gasteiger partial charge is 0.308 e. The van der Waals surface area contributed by atoms with Gasteiger partial charge < -0.3 is 29.2 Å². The number of morpholine rings is 1. The molecule has 0 aromatic heterocycles. The Labute approximate surface area is 226 Å². The lowest BCUT2D eigenvalue weighted by atomic mass is 9.88. The third-order valence-corrected chi connectivity index (χ3v) is 6.55. The predicted octanol–water partition coefficient (Wildman–Crippen LogP) is 3.22. The maximum Gasteiger partial charge on any atom is 0.308 e. The fourth-order valence-electron chi connectivity index (χ4n) is 4.54. The van der Waals surface area contributed by atoms with Crippen LogP contribution in [0.15, 0.2) is 65.1 Å². The molecule has 0 bridgehead atoms. The van der Waals surface area contributed by atoms with Crippen molar-refractivity contribution in [3.05, 3.63) is 76.3 Å². The molecule has 1 amide bonds.